The Hall–Kier alpha value is -2.00. The van der Waals surface area contributed by atoms with Crippen molar-refractivity contribution in [3.63, 3.8) is 0 Å². The van der Waals surface area contributed by atoms with Crippen molar-refractivity contribution in [3.05, 3.63) is 71.8 Å². The fourth-order valence-corrected chi connectivity index (χ4v) is 3.24. The zero-order chi connectivity index (χ0) is 16.5. The maximum atomic E-state index is 3.52. The van der Waals surface area contributed by atoms with E-state index in [0.29, 0.717) is 17.8 Å². The van der Waals surface area contributed by atoms with Crippen LogP contribution >= 0.6 is 0 Å². The molecule has 0 radical (unpaired) electrons. The molecule has 0 N–H and O–H groups in total. The van der Waals surface area contributed by atoms with E-state index in [9.17, 15) is 0 Å². The van der Waals surface area contributed by atoms with Gasteiger partial charge in [-0.15, -0.1) is 5.92 Å². The molecule has 0 spiro atoms. The Bertz CT molecular complexity index is 615. The van der Waals surface area contributed by atoms with E-state index in [4.69, 9.17) is 0 Å². The molecule has 0 aliphatic heterocycles. The number of hydrogen-bond donors (Lipinski definition) is 0. The normalized spacial score (nSPS) is 14.4. The van der Waals surface area contributed by atoms with Gasteiger partial charge in [0.05, 0.1) is 0 Å². The van der Waals surface area contributed by atoms with Crippen LogP contribution in [0.15, 0.2) is 60.7 Å². The Balaban J connectivity index is 2.26. The van der Waals surface area contributed by atoms with Crippen molar-refractivity contribution in [1.29, 1.82) is 0 Å². The first kappa shape index (κ1) is 17.4. The van der Waals surface area contributed by atoms with E-state index in [1.54, 1.807) is 0 Å². The molecule has 0 nitrogen and oxygen atoms in total. The molecule has 0 fully saturated rings. The van der Waals surface area contributed by atoms with Crippen LogP contribution in [0.2, 0.25) is 0 Å². The van der Waals surface area contributed by atoms with Crippen LogP contribution in [0.3, 0.4) is 0 Å². The predicted octanol–water partition coefficient (Wildman–Crippen LogP) is 6.40. The second-order valence-electron chi connectivity index (χ2n) is 6.35. The molecule has 1 unspecified atom stereocenters. The van der Waals surface area contributed by atoms with Crippen LogP contribution in [-0.2, 0) is 0 Å². The van der Waals surface area contributed by atoms with Gasteiger partial charge >= 0.3 is 0 Å². The molecule has 3 atom stereocenters. The molecular weight excluding hydrogens is 276 g/mol. The summed E-state index contributed by atoms with van der Waals surface area (Å²) in [6, 6.07) is 21.7. The van der Waals surface area contributed by atoms with Crippen molar-refractivity contribution in [2.24, 2.45) is 5.92 Å². The predicted molar refractivity (Wildman–Crippen MR) is 101 cm³/mol. The number of benzene rings is 2. The zero-order valence-electron chi connectivity index (χ0n) is 14.6. The van der Waals surface area contributed by atoms with Gasteiger partial charge in [-0.3, -0.25) is 0 Å². The molecule has 0 heterocycles. The minimum absolute atomic E-state index is 0.351. The fourth-order valence-electron chi connectivity index (χ4n) is 3.24. The van der Waals surface area contributed by atoms with Crippen molar-refractivity contribution in [2.45, 2.75) is 51.9 Å². The van der Waals surface area contributed by atoms with Gasteiger partial charge in [-0.05, 0) is 23.5 Å². The Morgan fingerprint density at radius 3 is 1.96 bits per heavy atom. The number of rotatable bonds is 6. The molecule has 0 aromatic heterocycles. The van der Waals surface area contributed by atoms with Crippen LogP contribution in [0.5, 0.6) is 0 Å². The second-order valence-corrected chi connectivity index (χ2v) is 6.35. The average Bonchev–Trinajstić information content (AvgIpc) is 2.60. The van der Waals surface area contributed by atoms with E-state index in [1.165, 1.54) is 24.0 Å². The summed E-state index contributed by atoms with van der Waals surface area (Å²) >= 11 is 0. The largest absolute Gasteiger partial charge is 0.103 e. The fraction of sp³-hybridized carbons (Fsp3) is 0.391. The van der Waals surface area contributed by atoms with E-state index >= 15 is 0 Å². The standard InChI is InChI=1S/C23H28/c1-4-5-6-9-14-19(2)23(22-17-12-8-13-18-22)20(3)21-15-10-7-11-16-21/h7-8,10-13,15-20,23H,4-6H2,1-3H3/t19?,20-,23-/m0/s1. The molecule has 0 saturated heterocycles. The highest BCUT2D eigenvalue weighted by atomic mass is 14.3. The number of hydrogen-bond acceptors (Lipinski definition) is 0. The topological polar surface area (TPSA) is 0 Å². The molecule has 0 bridgehead atoms. The Morgan fingerprint density at radius 1 is 0.826 bits per heavy atom. The molecule has 0 aliphatic rings. The third-order valence-corrected chi connectivity index (χ3v) is 4.57. The summed E-state index contributed by atoms with van der Waals surface area (Å²) < 4.78 is 0. The second kappa shape index (κ2) is 9.21. The quantitative estimate of drug-likeness (QED) is 0.427. The molecule has 2 aromatic carbocycles. The first-order valence-electron chi connectivity index (χ1n) is 8.82. The summed E-state index contributed by atoms with van der Waals surface area (Å²) in [5.74, 6) is 8.14. The third kappa shape index (κ3) is 5.00. The average molecular weight is 304 g/mol. The van der Waals surface area contributed by atoms with E-state index in [2.05, 4.69) is 93.3 Å². The first-order valence-corrected chi connectivity index (χ1v) is 8.82. The molecule has 0 heteroatoms. The van der Waals surface area contributed by atoms with E-state index < -0.39 is 0 Å². The van der Waals surface area contributed by atoms with Crippen molar-refractivity contribution >= 4 is 0 Å². The van der Waals surface area contributed by atoms with Crippen LogP contribution < -0.4 is 0 Å². The van der Waals surface area contributed by atoms with Gasteiger partial charge in [0, 0.05) is 18.3 Å². The monoisotopic (exact) mass is 304 g/mol. The van der Waals surface area contributed by atoms with Crippen molar-refractivity contribution in [3.8, 4) is 11.8 Å². The van der Waals surface area contributed by atoms with Gasteiger partial charge in [-0.2, -0.15) is 0 Å². The zero-order valence-corrected chi connectivity index (χ0v) is 14.6. The van der Waals surface area contributed by atoms with Crippen LogP contribution in [0.1, 0.15) is 63.0 Å². The summed E-state index contributed by atoms with van der Waals surface area (Å²) in [5, 5.41) is 0. The smallest absolute Gasteiger partial charge is 0.0249 e. The molecule has 2 aromatic rings. The first-order chi connectivity index (χ1) is 11.2. The van der Waals surface area contributed by atoms with Crippen LogP contribution in [-0.4, -0.2) is 0 Å². The van der Waals surface area contributed by atoms with E-state index in [1.807, 2.05) is 0 Å². The summed E-state index contributed by atoms with van der Waals surface area (Å²) in [5.41, 5.74) is 2.78. The SMILES string of the molecule is CCCCC#CC(C)[C@H](c1ccccc1)[C@@H](C)c1ccccc1. The van der Waals surface area contributed by atoms with Gasteiger partial charge in [0.2, 0.25) is 0 Å². The maximum absolute atomic E-state index is 3.52. The van der Waals surface area contributed by atoms with Gasteiger partial charge in [-0.25, -0.2) is 0 Å². The molecule has 0 aliphatic carbocycles. The van der Waals surface area contributed by atoms with Crippen molar-refractivity contribution in [1.82, 2.24) is 0 Å². The molecular formula is C23H28. The molecule has 120 valence electrons. The van der Waals surface area contributed by atoms with Crippen LogP contribution in [0.4, 0.5) is 0 Å². The van der Waals surface area contributed by atoms with Crippen molar-refractivity contribution < 1.29 is 0 Å². The molecule has 0 saturated carbocycles. The van der Waals surface area contributed by atoms with Gasteiger partial charge in [0.25, 0.3) is 0 Å². The van der Waals surface area contributed by atoms with Gasteiger partial charge in [0.1, 0.15) is 0 Å². The molecule has 2 rings (SSSR count). The van der Waals surface area contributed by atoms with E-state index in [-0.39, 0.29) is 0 Å². The van der Waals surface area contributed by atoms with Crippen LogP contribution in [0.25, 0.3) is 0 Å². The Kier molecular flexibility index (Phi) is 6.95. The lowest BCUT2D eigenvalue weighted by Crippen LogP contribution is -2.15. The lowest BCUT2D eigenvalue weighted by molar-refractivity contribution is 0.485. The Morgan fingerprint density at radius 2 is 1.39 bits per heavy atom. The van der Waals surface area contributed by atoms with Gasteiger partial charge in [-0.1, -0.05) is 93.8 Å². The summed E-state index contributed by atoms with van der Waals surface area (Å²) in [7, 11) is 0. The van der Waals surface area contributed by atoms with Gasteiger partial charge < -0.3 is 0 Å². The summed E-state index contributed by atoms with van der Waals surface area (Å²) in [4.78, 5) is 0. The third-order valence-electron chi connectivity index (χ3n) is 4.57. The van der Waals surface area contributed by atoms with Crippen LogP contribution in [0, 0.1) is 17.8 Å². The molecule has 23 heavy (non-hydrogen) atoms. The highest BCUT2D eigenvalue weighted by Crippen LogP contribution is 2.38. The Labute approximate surface area is 142 Å². The summed E-state index contributed by atoms with van der Waals surface area (Å²) in [6.07, 6.45) is 3.43. The minimum atomic E-state index is 0.351. The minimum Gasteiger partial charge on any atom is -0.103 e. The maximum Gasteiger partial charge on any atom is 0.0249 e. The lowest BCUT2D eigenvalue weighted by Gasteiger charge is -2.28. The molecule has 0 amide bonds. The van der Waals surface area contributed by atoms with E-state index in [0.717, 1.165) is 6.42 Å². The lowest BCUT2D eigenvalue weighted by atomic mass is 9.75. The summed E-state index contributed by atoms with van der Waals surface area (Å²) in [6.45, 7) is 6.82. The highest BCUT2D eigenvalue weighted by Gasteiger charge is 2.25. The van der Waals surface area contributed by atoms with Crippen molar-refractivity contribution in [2.75, 3.05) is 0 Å². The van der Waals surface area contributed by atoms with Gasteiger partial charge in [0.15, 0.2) is 0 Å². The number of unbranched alkanes of at least 4 members (excludes halogenated alkanes) is 2. The highest BCUT2D eigenvalue weighted by molar-refractivity contribution is 5.30.